The number of ketones is 1. The molecule has 0 saturated carbocycles. The second-order valence-corrected chi connectivity index (χ2v) is 7.18. The number of hydrogen-bond donors (Lipinski definition) is 1. The van der Waals surface area contributed by atoms with Crippen molar-refractivity contribution >= 4 is 17.4 Å². The van der Waals surface area contributed by atoms with E-state index in [1.165, 1.54) is 12.0 Å². The molecular formula is C24H27NO6. The summed E-state index contributed by atoms with van der Waals surface area (Å²) in [6, 6.07) is 11.1. The lowest BCUT2D eigenvalue weighted by atomic mass is 9.94. The molecule has 0 unspecified atom stereocenters. The van der Waals surface area contributed by atoms with Crippen molar-refractivity contribution < 1.29 is 28.9 Å². The molecule has 31 heavy (non-hydrogen) atoms. The van der Waals surface area contributed by atoms with Gasteiger partial charge in [-0.15, -0.1) is 0 Å². The number of hydrogen-bond acceptors (Lipinski definition) is 6. The van der Waals surface area contributed by atoms with Gasteiger partial charge in [0, 0.05) is 23.7 Å². The number of carbonyl (C=O) groups is 2. The van der Waals surface area contributed by atoms with Crippen LogP contribution in [0.2, 0.25) is 0 Å². The second-order valence-electron chi connectivity index (χ2n) is 7.18. The van der Waals surface area contributed by atoms with Gasteiger partial charge in [0.05, 0.1) is 32.9 Å². The Morgan fingerprint density at radius 1 is 0.968 bits per heavy atom. The zero-order chi connectivity index (χ0) is 22.5. The largest absolute Gasteiger partial charge is 0.507 e. The van der Waals surface area contributed by atoms with Crippen molar-refractivity contribution in [2.75, 3.05) is 27.9 Å². The molecule has 0 spiro atoms. The van der Waals surface area contributed by atoms with Crippen molar-refractivity contribution in [3.63, 3.8) is 0 Å². The first-order valence-electron chi connectivity index (χ1n) is 10.1. The molecule has 0 aromatic heterocycles. The lowest BCUT2D eigenvalue weighted by Gasteiger charge is -2.26. The van der Waals surface area contributed by atoms with Crippen LogP contribution in [-0.4, -0.2) is 49.6 Å². The number of Topliss-reactive ketones (excluding diaryl/α,β-unsaturated/α-hetero) is 1. The van der Waals surface area contributed by atoms with Gasteiger partial charge in [-0.3, -0.25) is 9.59 Å². The minimum atomic E-state index is -0.769. The summed E-state index contributed by atoms with van der Waals surface area (Å²) in [6.45, 7) is 2.40. The number of nitrogens with zero attached hydrogens (tertiary/aromatic N) is 1. The highest BCUT2D eigenvalue weighted by Crippen LogP contribution is 2.43. The van der Waals surface area contributed by atoms with E-state index in [0.29, 0.717) is 34.9 Å². The number of amides is 1. The first-order valence-corrected chi connectivity index (χ1v) is 10.1. The van der Waals surface area contributed by atoms with Crippen molar-refractivity contribution in [1.29, 1.82) is 0 Å². The van der Waals surface area contributed by atoms with Crippen molar-refractivity contribution in [3.8, 4) is 17.2 Å². The average Bonchev–Trinajstić information content (AvgIpc) is 3.06. The smallest absolute Gasteiger partial charge is 0.295 e. The first-order chi connectivity index (χ1) is 15.0. The van der Waals surface area contributed by atoms with E-state index < -0.39 is 17.7 Å². The Balaban J connectivity index is 2.19. The van der Waals surface area contributed by atoms with E-state index in [1.807, 2.05) is 6.92 Å². The van der Waals surface area contributed by atoms with E-state index in [4.69, 9.17) is 14.2 Å². The van der Waals surface area contributed by atoms with E-state index in [2.05, 4.69) is 0 Å². The third kappa shape index (κ3) is 4.21. The molecule has 1 saturated heterocycles. The fraction of sp³-hybridized carbons (Fsp3) is 0.333. The summed E-state index contributed by atoms with van der Waals surface area (Å²) in [5.74, 6) is 0.0875. The van der Waals surface area contributed by atoms with Crippen LogP contribution in [0, 0.1) is 0 Å². The van der Waals surface area contributed by atoms with Crippen LogP contribution in [0.15, 0.2) is 48.0 Å². The molecule has 1 amide bonds. The molecule has 7 heteroatoms. The highest BCUT2D eigenvalue weighted by Gasteiger charge is 2.46. The molecule has 2 aromatic rings. The highest BCUT2D eigenvalue weighted by molar-refractivity contribution is 6.46. The Labute approximate surface area is 181 Å². The number of aliphatic hydroxyl groups is 1. The summed E-state index contributed by atoms with van der Waals surface area (Å²) < 4.78 is 16.0. The predicted molar refractivity (Wildman–Crippen MR) is 116 cm³/mol. The molecule has 164 valence electrons. The lowest BCUT2D eigenvalue weighted by Crippen LogP contribution is -2.30. The van der Waals surface area contributed by atoms with E-state index in [9.17, 15) is 14.7 Å². The molecule has 0 radical (unpaired) electrons. The van der Waals surface area contributed by atoms with Gasteiger partial charge in [-0.2, -0.15) is 0 Å². The topological polar surface area (TPSA) is 85.3 Å². The molecular weight excluding hydrogens is 398 g/mol. The zero-order valence-corrected chi connectivity index (χ0v) is 18.2. The Kier molecular flexibility index (Phi) is 6.84. The van der Waals surface area contributed by atoms with Crippen LogP contribution in [-0.2, 0) is 9.59 Å². The number of carbonyl (C=O) groups excluding carboxylic acids is 2. The summed E-state index contributed by atoms with van der Waals surface area (Å²) in [7, 11) is 4.61. The van der Waals surface area contributed by atoms with E-state index in [1.54, 1.807) is 56.7 Å². The maximum atomic E-state index is 13.0. The monoisotopic (exact) mass is 425 g/mol. The Hall–Kier alpha value is -3.48. The second kappa shape index (κ2) is 9.55. The normalized spacial score (nSPS) is 17.7. The molecule has 1 atom stereocenters. The van der Waals surface area contributed by atoms with Crippen LogP contribution >= 0.6 is 0 Å². The molecule has 1 fully saturated rings. The third-order valence-electron chi connectivity index (χ3n) is 5.39. The van der Waals surface area contributed by atoms with Crippen LogP contribution in [0.1, 0.15) is 36.9 Å². The van der Waals surface area contributed by atoms with Crippen LogP contribution in [0.4, 0.5) is 0 Å². The minimum Gasteiger partial charge on any atom is -0.507 e. The van der Waals surface area contributed by atoms with Gasteiger partial charge in [0.25, 0.3) is 11.7 Å². The van der Waals surface area contributed by atoms with Crippen molar-refractivity contribution in [2.45, 2.75) is 25.8 Å². The van der Waals surface area contributed by atoms with Crippen molar-refractivity contribution in [1.82, 2.24) is 4.90 Å². The van der Waals surface area contributed by atoms with Gasteiger partial charge in [-0.25, -0.2) is 0 Å². The van der Waals surface area contributed by atoms with E-state index >= 15 is 0 Å². The van der Waals surface area contributed by atoms with Gasteiger partial charge in [-0.1, -0.05) is 13.3 Å². The van der Waals surface area contributed by atoms with Crippen LogP contribution in [0.25, 0.3) is 5.76 Å². The van der Waals surface area contributed by atoms with Gasteiger partial charge >= 0.3 is 0 Å². The highest BCUT2D eigenvalue weighted by atomic mass is 16.5. The number of rotatable bonds is 8. The molecule has 7 nitrogen and oxygen atoms in total. The molecule has 1 aliphatic rings. The number of unbranched alkanes of at least 4 members (excludes halogenated alkanes) is 1. The SMILES string of the molecule is CCCCN1C(=O)C(=O)C(=C(O)c2ccc(OC)cc2)[C@@H]1c1ccc(OC)cc1OC. The first kappa shape index (κ1) is 22.2. The summed E-state index contributed by atoms with van der Waals surface area (Å²) in [4.78, 5) is 27.4. The number of likely N-dealkylation sites (tertiary alicyclic amines) is 1. The van der Waals surface area contributed by atoms with E-state index in [0.717, 1.165) is 12.8 Å². The predicted octanol–water partition coefficient (Wildman–Crippen LogP) is 3.93. The molecule has 1 heterocycles. The van der Waals surface area contributed by atoms with Gasteiger partial charge < -0.3 is 24.2 Å². The van der Waals surface area contributed by atoms with Crippen LogP contribution in [0.5, 0.6) is 17.2 Å². The summed E-state index contributed by atoms with van der Waals surface area (Å²) >= 11 is 0. The van der Waals surface area contributed by atoms with Crippen LogP contribution in [0.3, 0.4) is 0 Å². The molecule has 0 aliphatic carbocycles. The summed E-state index contributed by atoms with van der Waals surface area (Å²) in [5.41, 5.74) is 1.06. The van der Waals surface area contributed by atoms with Crippen molar-refractivity contribution in [2.24, 2.45) is 0 Å². The number of aliphatic hydroxyl groups excluding tert-OH is 1. The summed E-state index contributed by atoms with van der Waals surface area (Å²) in [6.07, 6.45) is 1.58. The van der Waals surface area contributed by atoms with Gasteiger partial charge in [0.1, 0.15) is 23.0 Å². The van der Waals surface area contributed by atoms with Gasteiger partial charge in [-0.05, 0) is 42.8 Å². The molecule has 2 aromatic carbocycles. The van der Waals surface area contributed by atoms with Gasteiger partial charge in [0.15, 0.2) is 0 Å². The maximum absolute atomic E-state index is 13.0. The quantitative estimate of drug-likeness (QED) is 0.392. The fourth-order valence-corrected chi connectivity index (χ4v) is 3.71. The van der Waals surface area contributed by atoms with Crippen molar-refractivity contribution in [3.05, 3.63) is 59.2 Å². The lowest BCUT2D eigenvalue weighted by molar-refractivity contribution is -0.139. The maximum Gasteiger partial charge on any atom is 0.295 e. The van der Waals surface area contributed by atoms with Gasteiger partial charge in [0.2, 0.25) is 0 Å². The number of methoxy groups -OCH3 is 3. The average molecular weight is 425 g/mol. The Bertz CT molecular complexity index is 996. The molecule has 1 aliphatic heterocycles. The molecule has 1 N–H and O–H groups in total. The zero-order valence-electron chi connectivity index (χ0n) is 18.2. The Morgan fingerprint density at radius 3 is 2.19 bits per heavy atom. The number of benzene rings is 2. The summed E-state index contributed by atoms with van der Waals surface area (Å²) in [5, 5.41) is 11.1. The number of ether oxygens (including phenoxy) is 3. The van der Waals surface area contributed by atoms with Crippen LogP contribution < -0.4 is 14.2 Å². The molecule has 0 bridgehead atoms. The van der Waals surface area contributed by atoms with E-state index in [-0.39, 0.29) is 11.3 Å². The Morgan fingerprint density at radius 2 is 1.61 bits per heavy atom. The molecule has 3 rings (SSSR count). The fourth-order valence-electron chi connectivity index (χ4n) is 3.71. The third-order valence-corrected chi connectivity index (χ3v) is 5.39. The standard InChI is InChI=1S/C24H27NO6/c1-5-6-13-25-21(18-12-11-17(30-3)14-19(18)31-4)20(23(27)24(25)28)22(26)15-7-9-16(29-2)10-8-15/h7-12,14,21,26H,5-6,13H2,1-4H3/t21-/m0/s1. The minimum absolute atomic E-state index is 0.0368.